The first-order chi connectivity index (χ1) is 16.3. The van der Waals surface area contributed by atoms with E-state index in [1.165, 1.54) is 8.61 Å². The minimum Gasteiger partial charge on any atom is -0.352 e. The van der Waals surface area contributed by atoms with Gasteiger partial charge in [-0.05, 0) is 55.5 Å². The van der Waals surface area contributed by atoms with Crippen LogP contribution in [0.2, 0.25) is 0 Å². The van der Waals surface area contributed by atoms with Gasteiger partial charge in [-0.25, -0.2) is 16.8 Å². The molecular weight excluding hydrogens is 474 g/mol. The van der Waals surface area contributed by atoms with Crippen LogP contribution in [0.3, 0.4) is 0 Å². The monoisotopic (exact) mass is 505 g/mol. The quantitative estimate of drug-likeness (QED) is 0.623. The smallest absolute Gasteiger partial charge is 0.243 e. The summed E-state index contributed by atoms with van der Waals surface area (Å²) in [5.74, 6) is -0.359. The summed E-state index contributed by atoms with van der Waals surface area (Å²) in [5.41, 5.74) is 0.815. The Bertz CT molecular complexity index is 1180. The molecule has 2 aliphatic rings. The molecule has 2 aliphatic heterocycles. The van der Waals surface area contributed by atoms with Crippen molar-refractivity contribution in [1.29, 1.82) is 0 Å². The fourth-order valence-electron chi connectivity index (χ4n) is 4.47. The minimum absolute atomic E-state index is 0.109. The number of rotatable bonds is 7. The Morgan fingerprint density at radius 3 is 1.85 bits per heavy atom. The molecule has 34 heavy (non-hydrogen) atoms. The molecule has 2 saturated heterocycles. The van der Waals surface area contributed by atoms with E-state index in [2.05, 4.69) is 5.32 Å². The van der Waals surface area contributed by atoms with E-state index in [-0.39, 0.29) is 21.6 Å². The molecule has 2 fully saturated rings. The van der Waals surface area contributed by atoms with Crippen molar-refractivity contribution < 1.29 is 21.6 Å². The number of nitrogens with one attached hydrogen (secondary N) is 1. The summed E-state index contributed by atoms with van der Waals surface area (Å²) >= 11 is 0. The molecular formula is C24H31N3O5S2. The summed E-state index contributed by atoms with van der Waals surface area (Å²) in [6.07, 6.45) is 3.77. The van der Waals surface area contributed by atoms with E-state index in [1.54, 1.807) is 54.6 Å². The maximum atomic E-state index is 12.8. The summed E-state index contributed by atoms with van der Waals surface area (Å²) in [4.78, 5) is 13.2. The van der Waals surface area contributed by atoms with Crippen LogP contribution < -0.4 is 5.32 Å². The van der Waals surface area contributed by atoms with Crippen LogP contribution in [0.25, 0.3) is 0 Å². The molecule has 1 N–H and O–H groups in total. The van der Waals surface area contributed by atoms with Crippen molar-refractivity contribution >= 4 is 26.0 Å². The first-order valence-corrected chi connectivity index (χ1v) is 14.6. The molecule has 8 nitrogen and oxygen atoms in total. The van der Waals surface area contributed by atoms with Crippen LogP contribution in [0.1, 0.15) is 37.7 Å². The first-order valence-electron chi connectivity index (χ1n) is 11.7. The summed E-state index contributed by atoms with van der Waals surface area (Å²) in [6, 6.07) is 15.0. The van der Waals surface area contributed by atoms with E-state index < -0.39 is 20.0 Å². The predicted octanol–water partition coefficient (Wildman–Crippen LogP) is 2.58. The Morgan fingerprint density at radius 1 is 0.735 bits per heavy atom. The van der Waals surface area contributed by atoms with Gasteiger partial charge in [0.1, 0.15) is 0 Å². The highest BCUT2D eigenvalue weighted by Crippen LogP contribution is 2.24. The molecule has 2 aromatic rings. The largest absolute Gasteiger partial charge is 0.352 e. The maximum Gasteiger partial charge on any atom is 0.243 e. The first kappa shape index (κ1) is 24.8. The van der Waals surface area contributed by atoms with E-state index in [0.29, 0.717) is 45.6 Å². The molecule has 0 spiro atoms. The summed E-state index contributed by atoms with van der Waals surface area (Å²) < 4.78 is 54.0. The molecule has 0 saturated carbocycles. The van der Waals surface area contributed by atoms with Crippen molar-refractivity contribution in [3.63, 3.8) is 0 Å². The lowest BCUT2D eigenvalue weighted by atomic mass is 9.97. The second-order valence-electron chi connectivity index (χ2n) is 8.82. The number of carbonyl (C=O) groups is 1. The second-order valence-corrected chi connectivity index (χ2v) is 12.7. The molecule has 184 valence electrons. The van der Waals surface area contributed by atoms with E-state index in [1.807, 2.05) is 0 Å². The molecule has 1 amide bonds. The Hall–Kier alpha value is -2.27. The SMILES string of the molecule is O=C(NCc1ccc(S(=O)(=O)N2CCCCC2)cc1)C1CCN(S(=O)(=O)c2ccccc2)CC1. The van der Waals surface area contributed by atoms with E-state index in [4.69, 9.17) is 0 Å². The average Bonchev–Trinajstić information content (AvgIpc) is 2.88. The number of sulfonamides is 2. The van der Waals surface area contributed by atoms with Crippen molar-refractivity contribution in [2.75, 3.05) is 26.2 Å². The molecule has 0 atom stereocenters. The van der Waals surface area contributed by atoms with Crippen molar-refractivity contribution in [2.24, 2.45) is 5.92 Å². The van der Waals surface area contributed by atoms with Gasteiger partial charge in [-0.15, -0.1) is 0 Å². The number of amides is 1. The van der Waals surface area contributed by atoms with Gasteiger partial charge < -0.3 is 5.32 Å². The average molecular weight is 506 g/mol. The van der Waals surface area contributed by atoms with Gasteiger partial charge in [0.05, 0.1) is 9.79 Å². The Morgan fingerprint density at radius 2 is 1.26 bits per heavy atom. The van der Waals surface area contributed by atoms with Crippen LogP contribution in [-0.2, 0) is 31.4 Å². The highest BCUT2D eigenvalue weighted by atomic mass is 32.2. The summed E-state index contributed by atoms with van der Waals surface area (Å²) in [5, 5.41) is 2.91. The van der Waals surface area contributed by atoms with Crippen molar-refractivity contribution in [2.45, 2.75) is 48.4 Å². The second kappa shape index (κ2) is 10.6. The lowest BCUT2D eigenvalue weighted by Gasteiger charge is -2.30. The van der Waals surface area contributed by atoms with E-state index in [9.17, 15) is 21.6 Å². The number of nitrogens with zero attached hydrogens (tertiary/aromatic N) is 2. The lowest BCUT2D eigenvalue weighted by molar-refractivity contribution is -0.126. The van der Waals surface area contributed by atoms with Crippen molar-refractivity contribution in [3.8, 4) is 0 Å². The number of carbonyl (C=O) groups excluding carboxylic acids is 1. The summed E-state index contributed by atoms with van der Waals surface area (Å²) in [7, 11) is -7.01. The van der Waals surface area contributed by atoms with Gasteiger partial charge in [0, 0.05) is 38.6 Å². The van der Waals surface area contributed by atoms with Gasteiger partial charge in [0.25, 0.3) is 0 Å². The Labute approximate surface area is 202 Å². The third kappa shape index (κ3) is 5.51. The standard InChI is InChI=1S/C24H31N3O5S2/c28-24(21-13-17-27(18-14-21)33(29,30)22-7-3-1-4-8-22)25-19-20-9-11-23(12-10-20)34(31,32)26-15-5-2-6-16-26/h1,3-4,7-12,21H,2,5-6,13-19H2,(H,25,28). The van der Waals surface area contributed by atoms with Crippen molar-refractivity contribution in [3.05, 3.63) is 60.2 Å². The number of hydrogen-bond acceptors (Lipinski definition) is 5. The minimum atomic E-state index is -3.54. The number of hydrogen-bond donors (Lipinski definition) is 1. The Balaban J connectivity index is 1.28. The maximum absolute atomic E-state index is 12.8. The zero-order valence-corrected chi connectivity index (χ0v) is 20.7. The molecule has 2 heterocycles. The molecule has 0 radical (unpaired) electrons. The zero-order valence-electron chi connectivity index (χ0n) is 19.1. The molecule has 10 heteroatoms. The third-order valence-electron chi connectivity index (χ3n) is 6.55. The van der Waals surface area contributed by atoms with Crippen molar-refractivity contribution in [1.82, 2.24) is 13.9 Å². The van der Waals surface area contributed by atoms with Gasteiger partial charge in [0.15, 0.2) is 0 Å². The van der Waals surface area contributed by atoms with Gasteiger partial charge in [-0.2, -0.15) is 8.61 Å². The van der Waals surface area contributed by atoms with E-state index in [0.717, 1.165) is 24.8 Å². The molecule has 0 aromatic heterocycles. The van der Waals surface area contributed by atoms with Crippen LogP contribution in [0.15, 0.2) is 64.4 Å². The van der Waals surface area contributed by atoms with Crippen LogP contribution in [0.4, 0.5) is 0 Å². The third-order valence-corrected chi connectivity index (χ3v) is 10.4. The highest BCUT2D eigenvalue weighted by Gasteiger charge is 2.32. The molecule has 0 bridgehead atoms. The van der Waals surface area contributed by atoms with Crippen LogP contribution >= 0.6 is 0 Å². The van der Waals surface area contributed by atoms with Crippen LogP contribution in [-0.4, -0.2) is 57.5 Å². The number of piperidine rings is 2. The summed E-state index contributed by atoms with van der Waals surface area (Å²) in [6.45, 7) is 2.03. The van der Waals surface area contributed by atoms with Crippen LogP contribution in [0.5, 0.6) is 0 Å². The molecule has 4 rings (SSSR count). The van der Waals surface area contributed by atoms with Gasteiger partial charge in [-0.1, -0.05) is 36.8 Å². The van der Waals surface area contributed by atoms with Gasteiger partial charge in [-0.3, -0.25) is 4.79 Å². The zero-order chi connectivity index (χ0) is 24.2. The number of benzene rings is 2. The molecule has 0 unspecified atom stereocenters. The van der Waals surface area contributed by atoms with Crippen LogP contribution in [0, 0.1) is 5.92 Å². The fourth-order valence-corrected chi connectivity index (χ4v) is 7.47. The van der Waals surface area contributed by atoms with Gasteiger partial charge in [0.2, 0.25) is 26.0 Å². The normalized spacial score (nSPS) is 19.1. The highest BCUT2D eigenvalue weighted by molar-refractivity contribution is 7.89. The predicted molar refractivity (Wildman–Crippen MR) is 129 cm³/mol. The fraction of sp³-hybridized carbons (Fsp3) is 0.458. The lowest BCUT2D eigenvalue weighted by Crippen LogP contribution is -2.42. The van der Waals surface area contributed by atoms with Gasteiger partial charge >= 0.3 is 0 Å². The topological polar surface area (TPSA) is 104 Å². The molecule has 0 aliphatic carbocycles. The van der Waals surface area contributed by atoms with E-state index >= 15 is 0 Å². The Kier molecular flexibility index (Phi) is 7.71. The molecule has 2 aromatic carbocycles.